The molecule has 1 unspecified atom stereocenters. The highest BCUT2D eigenvalue weighted by atomic mass is 35.5. The lowest BCUT2D eigenvalue weighted by molar-refractivity contribution is 0.0653. The van der Waals surface area contributed by atoms with Crippen molar-refractivity contribution in [2.24, 2.45) is 0 Å². The average Bonchev–Trinajstić information content (AvgIpc) is 2.81. The fourth-order valence-electron chi connectivity index (χ4n) is 1.63. The first kappa shape index (κ1) is 12.9. The van der Waals surface area contributed by atoms with E-state index in [2.05, 4.69) is 0 Å². The summed E-state index contributed by atoms with van der Waals surface area (Å²) in [5.41, 5.74) is 0.507. The van der Waals surface area contributed by atoms with E-state index in [9.17, 15) is 4.79 Å². The Morgan fingerprint density at radius 2 is 2.28 bits per heavy atom. The van der Waals surface area contributed by atoms with Crippen molar-refractivity contribution in [2.45, 2.75) is 13.0 Å². The molecule has 1 aromatic carbocycles. The summed E-state index contributed by atoms with van der Waals surface area (Å²) in [4.78, 5) is 13.5. The molecular formula is C13H14ClNO3. The molecule has 1 atom stereocenters. The Hall–Kier alpha value is -1.52. The summed E-state index contributed by atoms with van der Waals surface area (Å²) in [6, 6.07) is 6.73. The molecule has 0 fully saturated rings. The Labute approximate surface area is 110 Å². The van der Waals surface area contributed by atoms with E-state index in [1.165, 1.54) is 4.90 Å². The van der Waals surface area contributed by atoms with Crippen LogP contribution >= 0.6 is 11.6 Å². The number of furan rings is 1. The van der Waals surface area contributed by atoms with Crippen LogP contribution in [0.25, 0.3) is 11.0 Å². The van der Waals surface area contributed by atoms with Crippen molar-refractivity contribution in [3.05, 3.63) is 35.0 Å². The second-order valence-corrected chi connectivity index (χ2v) is 4.62. The summed E-state index contributed by atoms with van der Waals surface area (Å²) in [7, 11) is 1.62. The third-order valence-electron chi connectivity index (χ3n) is 2.95. The summed E-state index contributed by atoms with van der Waals surface area (Å²) >= 11 is 5.99. The van der Waals surface area contributed by atoms with Crippen LogP contribution in [0.5, 0.6) is 0 Å². The lowest BCUT2D eigenvalue weighted by Gasteiger charge is -2.21. The highest BCUT2D eigenvalue weighted by molar-refractivity contribution is 6.34. The van der Waals surface area contributed by atoms with Gasteiger partial charge < -0.3 is 14.4 Å². The number of fused-ring (bicyclic) bond motifs is 1. The van der Waals surface area contributed by atoms with E-state index in [4.69, 9.17) is 21.1 Å². The lowest BCUT2D eigenvalue weighted by Crippen LogP contribution is -2.37. The standard InChI is InChI=1S/C13H14ClNO3/c1-8(7-16)15(2)13(17)11-6-9-4-3-5-10(14)12(9)18-11/h3-6,8,16H,7H2,1-2H3. The number of carbonyl (C=O) groups is 1. The number of nitrogens with zero attached hydrogens (tertiary/aromatic N) is 1. The SMILES string of the molecule is CC(CO)N(C)C(=O)c1cc2cccc(Cl)c2o1. The smallest absolute Gasteiger partial charge is 0.289 e. The largest absolute Gasteiger partial charge is 0.449 e. The molecule has 1 N–H and O–H groups in total. The van der Waals surface area contributed by atoms with Gasteiger partial charge in [0.25, 0.3) is 5.91 Å². The molecule has 18 heavy (non-hydrogen) atoms. The molecule has 2 rings (SSSR count). The van der Waals surface area contributed by atoms with Crippen LogP contribution in [0.1, 0.15) is 17.5 Å². The number of para-hydroxylation sites is 1. The Kier molecular flexibility index (Phi) is 3.59. The van der Waals surface area contributed by atoms with E-state index in [0.29, 0.717) is 10.6 Å². The van der Waals surface area contributed by atoms with Gasteiger partial charge in [0.05, 0.1) is 17.7 Å². The fraction of sp³-hybridized carbons (Fsp3) is 0.308. The molecule has 4 nitrogen and oxygen atoms in total. The van der Waals surface area contributed by atoms with Crippen molar-refractivity contribution < 1.29 is 14.3 Å². The van der Waals surface area contributed by atoms with Crippen LogP contribution in [0.15, 0.2) is 28.7 Å². The number of hydrogen-bond acceptors (Lipinski definition) is 3. The minimum absolute atomic E-state index is 0.0940. The summed E-state index contributed by atoms with van der Waals surface area (Å²) in [5.74, 6) is -0.0512. The molecule has 1 heterocycles. The molecule has 5 heteroatoms. The van der Waals surface area contributed by atoms with Gasteiger partial charge in [0.1, 0.15) is 0 Å². The molecule has 0 saturated carbocycles. The van der Waals surface area contributed by atoms with Crippen LogP contribution in [0.4, 0.5) is 0 Å². The number of amides is 1. The molecule has 1 amide bonds. The van der Waals surface area contributed by atoms with Crippen LogP contribution in [0.3, 0.4) is 0 Å². The first-order valence-corrected chi connectivity index (χ1v) is 5.98. The molecule has 0 aliphatic carbocycles. The third kappa shape index (κ3) is 2.21. The maximum absolute atomic E-state index is 12.1. The minimum Gasteiger partial charge on any atom is -0.449 e. The zero-order valence-corrected chi connectivity index (χ0v) is 10.9. The van der Waals surface area contributed by atoms with Crippen molar-refractivity contribution in [3.63, 3.8) is 0 Å². The number of hydrogen-bond donors (Lipinski definition) is 1. The molecule has 96 valence electrons. The molecule has 1 aromatic heterocycles. The van der Waals surface area contributed by atoms with E-state index < -0.39 is 0 Å². The number of aliphatic hydroxyl groups excluding tert-OH is 1. The number of rotatable bonds is 3. The highest BCUT2D eigenvalue weighted by Crippen LogP contribution is 2.27. The van der Waals surface area contributed by atoms with Crippen molar-refractivity contribution in [1.82, 2.24) is 4.90 Å². The van der Waals surface area contributed by atoms with E-state index >= 15 is 0 Å². The average molecular weight is 268 g/mol. The van der Waals surface area contributed by atoms with Crippen LogP contribution in [-0.2, 0) is 0 Å². The van der Waals surface area contributed by atoms with Crippen LogP contribution in [0, 0.1) is 0 Å². The van der Waals surface area contributed by atoms with Crippen LogP contribution in [-0.4, -0.2) is 35.6 Å². The zero-order chi connectivity index (χ0) is 13.3. The molecule has 0 radical (unpaired) electrons. The van der Waals surface area contributed by atoms with Gasteiger partial charge in [0, 0.05) is 12.4 Å². The first-order chi connectivity index (χ1) is 8.54. The number of halogens is 1. The van der Waals surface area contributed by atoms with E-state index in [1.54, 1.807) is 32.2 Å². The lowest BCUT2D eigenvalue weighted by atomic mass is 10.2. The van der Waals surface area contributed by atoms with Crippen molar-refractivity contribution in [2.75, 3.05) is 13.7 Å². The molecule has 0 spiro atoms. The van der Waals surface area contributed by atoms with Crippen LogP contribution in [0.2, 0.25) is 5.02 Å². The van der Waals surface area contributed by atoms with Crippen molar-refractivity contribution in [3.8, 4) is 0 Å². The fourth-order valence-corrected chi connectivity index (χ4v) is 1.85. The Morgan fingerprint density at radius 1 is 1.56 bits per heavy atom. The number of carbonyl (C=O) groups excluding carboxylic acids is 1. The van der Waals surface area contributed by atoms with Gasteiger partial charge in [-0.2, -0.15) is 0 Å². The van der Waals surface area contributed by atoms with E-state index in [0.717, 1.165) is 5.39 Å². The topological polar surface area (TPSA) is 53.7 Å². The van der Waals surface area contributed by atoms with E-state index in [-0.39, 0.29) is 24.3 Å². The minimum atomic E-state index is -0.274. The van der Waals surface area contributed by atoms with Gasteiger partial charge >= 0.3 is 0 Å². The molecule has 0 bridgehead atoms. The van der Waals surface area contributed by atoms with Gasteiger partial charge in [-0.15, -0.1) is 0 Å². The van der Waals surface area contributed by atoms with Gasteiger partial charge in [-0.05, 0) is 19.1 Å². The Bertz CT molecular complexity index is 579. The summed E-state index contributed by atoms with van der Waals surface area (Å²) in [5, 5.41) is 10.3. The maximum Gasteiger partial charge on any atom is 0.289 e. The Balaban J connectivity index is 2.37. The Morgan fingerprint density at radius 3 is 2.89 bits per heavy atom. The van der Waals surface area contributed by atoms with Gasteiger partial charge in [0.2, 0.25) is 0 Å². The van der Waals surface area contributed by atoms with Gasteiger partial charge in [0.15, 0.2) is 11.3 Å². The summed E-state index contributed by atoms with van der Waals surface area (Å²) in [6.45, 7) is 1.66. The summed E-state index contributed by atoms with van der Waals surface area (Å²) in [6.07, 6.45) is 0. The highest BCUT2D eigenvalue weighted by Gasteiger charge is 2.21. The molecule has 0 saturated heterocycles. The monoisotopic (exact) mass is 267 g/mol. The number of benzene rings is 1. The predicted octanol–water partition coefficient (Wildman–Crippen LogP) is 2.54. The van der Waals surface area contributed by atoms with Crippen LogP contribution < -0.4 is 0 Å². The number of aliphatic hydroxyl groups is 1. The van der Waals surface area contributed by atoms with Gasteiger partial charge in [-0.3, -0.25) is 4.79 Å². The van der Waals surface area contributed by atoms with Crippen molar-refractivity contribution in [1.29, 1.82) is 0 Å². The second-order valence-electron chi connectivity index (χ2n) is 4.22. The van der Waals surface area contributed by atoms with E-state index in [1.807, 2.05) is 6.07 Å². The normalized spacial score (nSPS) is 12.7. The number of likely N-dealkylation sites (N-methyl/N-ethyl adjacent to an activating group) is 1. The molecule has 0 aliphatic heterocycles. The summed E-state index contributed by atoms with van der Waals surface area (Å²) < 4.78 is 5.47. The second kappa shape index (κ2) is 5.00. The molecular weight excluding hydrogens is 254 g/mol. The third-order valence-corrected chi connectivity index (χ3v) is 3.25. The first-order valence-electron chi connectivity index (χ1n) is 5.60. The van der Waals surface area contributed by atoms with Gasteiger partial charge in [-0.1, -0.05) is 23.7 Å². The van der Waals surface area contributed by atoms with Crippen molar-refractivity contribution >= 4 is 28.5 Å². The van der Waals surface area contributed by atoms with Gasteiger partial charge in [-0.25, -0.2) is 0 Å². The predicted molar refractivity (Wildman–Crippen MR) is 69.9 cm³/mol. The quantitative estimate of drug-likeness (QED) is 0.930. The molecule has 2 aromatic rings. The molecule has 0 aliphatic rings. The maximum atomic E-state index is 12.1. The zero-order valence-electron chi connectivity index (χ0n) is 10.2.